The standard InChI is InChI=1S/C11H15F4N3O/c1-10(12,13)11(14,15)8-17-9(19-18-8)16-7-5-3-2-4-6-7/h7H,2-6H2,1H3,(H,16,17,18). The maximum absolute atomic E-state index is 13.3. The molecule has 1 saturated carbocycles. The topological polar surface area (TPSA) is 51.0 Å². The molecule has 8 heteroatoms. The maximum Gasteiger partial charge on any atom is 0.371 e. The van der Waals surface area contributed by atoms with Gasteiger partial charge in [0.25, 0.3) is 0 Å². The molecule has 1 heterocycles. The van der Waals surface area contributed by atoms with Crippen molar-refractivity contribution >= 4 is 6.01 Å². The van der Waals surface area contributed by atoms with Gasteiger partial charge in [-0.05, 0) is 12.8 Å². The summed E-state index contributed by atoms with van der Waals surface area (Å²) in [5, 5.41) is 5.75. The quantitative estimate of drug-likeness (QED) is 0.857. The van der Waals surface area contributed by atoms with E-state index < -0.39 is 17.7 Å². The minimum Gasteiger partial charge on any atom is -0.335 e. The highest BCUT2D eigenvalue weighted by molar-refractivity contribution is 5.22. The Morgan fingerprint density at radius 2 is 1.79 bits per heavy atom. The second kappa shape index (κ2) is 4.97. The minimum atomic E-state index is -4.44. The van der Waals surface area contributed by atoms with Crippen LogP contribution in [0.25, 0.3) is 0 Å². The van der Waals surface area contributed by atoms with Gasteiger partial charge in [0.05, 0.1) is 0 Å². The van der Waals surface area contributed by atoms with E-state index in [-0.39, 0.29) is 19.0 Å². The van der Waals surface area contributed by atoms with E-state index in [9.17, 15) is 17.6 Å². The van der Waals surface area contributed by atoms with Gasteiger partial charge in [0, 0.05) is 13.0 Å². The molecule has 1 aromatic heterocycles. The van der Waals surface area contributed by atoms with Crippen LogP contribution in [0.2, 0.25) is 0 Å². The fourth-order valence-electron chi connectivity index (χ4n) is 2.03. The molecule has 1 aromatic rings. The molecule has 1 N–H and O–H groups in total. The summed E-state index contributed by atoms with van der Waals surface area (Å²) in [7, 11) is 0. The van der Waals surface area contributed by atoms with Crippen molar-refractivity contribution in [2.24, 2.45) is 0 Å². The highest BCUT2D eigenvalue weighted by Gasteiger charge is 2.57. The molecule has 0 unspecified atom stereocenters. The predicted octanol–water partition coefficient (Wildman–Crippen LogP) is 3.56. The van der Waals surface area contributed by atoms with Gasteiger partial charge >= 0.3 is 17.9 Å². The summed E-state index contributed by atoms with van der Waals surface area (Å²) in [5.74, 6) is -9.97. The molecule has 0 aliphatic heterocycles. The zero-order chi connectivity index (χ0) is 14.1. The van der Waals surface area contributed by atoms with E-state index in [1.807, 2.05) is 0 Å². The van der Waals surface area contributed by atoms with Crippen molar-refractivity contribution in [3.05, 3.63) is 5.82 Å². The summed E-state index contributed by atoms with van der Waals surface area (Å²) in [6.45, 7) is 0.123. The monoisotopic (exact) mass is 281 g/mol. The van der Waals surface area contributed by atoms with E-state index in [4.69, 9.17) is 0 Å². The van der Waals surface area contributed by atoms with Crippen molar-refractivity contribution in [3.8, 4) is 0 Å². The Kier molecular flexibility index (Phi) is 3.69. The maximum atomic E-state index is 13.3. The second-order valence-electron chi connectivity index (χ2n) is 4.87. The van der Waals surface area contributed by atoms with Crippen LogP contribution in [0.5, 0.6) is 0 Å². The number of hydrogen-bond donors (Lipinski definition) is 1. The Balaban J connectivity index is 2.06. The lowest BCUT2D eigenvalue weighted by atomic mass is 9.96. The molecular formula is C11H15F4N3O. The van der Waals surface area contributed by atoms with Gasteiger partial charge < -0.3 is 9.84 Å². The van der Waals surface area contributed by atoms with Crippen LogP contribution in [0.3, 0.4) is 0 Å². The highest BCUT2D eigenvalue weighted by Crippen LogP contribution is 2.41. The van der Waals surface area contributed by atoms with Crippen LogP contribution >= 0.6 is 0 Å². The second-order valence-corrected chi connectivity index (χ2v) is 4.87. The van der Waals surface area contributed by atoms with E-state index in [0.29, 0.717) is 0 Å². The fourth-order valence-corrected chi connectivity index (χ4v) is 2.03. The molecule has 1 fully saturated rings. The van der Waals surface area contributed by atoms with Gasteiger partial charge in [-0.25, -0.2) is 0 Å². The van der Waals surface area contributed by atoms with Gasteiger partial charge in [0.2, 0.25) is 5.82 Å². The average molecular weight is 281 g/mol. The molecule has 0 amide bonds. The Labute approximate surface area is 107 Å². The Hall–Kier alpha value is -1.34. The highest BCUT2D eigenvalue weighted by atomic mass is 19.3. The van der Waals surface area contributed by atoms with Gasteiger partial charge in [0.1, 0.15) is 0 Å². The van der Waals surface area contributed by atoms with Crippen LogP contribution in [-0.2, 0) is 5.92 Å². The number of nitrogens with zero attached hydrogens (tertiary/aromatic N) is 2. The third kappa shape index (κ3) is 2.98. The number of rotatable bonds is 4. The van der Waals surface area contributed by atoms with E-state index in [1.54, 1.807) is 0 Å². The smallest absolute Gasteiger partial charge is 0.335 e. The van der Waals surface area contributed by atoms with Crippen LogP contribution in [0.15, 0.2) is 4.52 Å². The number of alkyl halides is 4. The van der Waals surface area contributed by atoms with Gasteiger partial charge in [-0.2, -0.15) is 22.5 Å². The van der Waals surface area contributed by atoms with Crippen molar-refractivity contribution in [2.45, 2.75) is 56.9 Å². The molecule has 0 bridgehead atoms. The Bertz CT molecular complexity index is 424. The third-order valence-electron chi connectivity index (χ3n) is 3.19. The summed E-state index contributed by atoms with van der Waals surface area (Å²) in [6.07, 6.45) is 4.94. The van der Waals surface area contributed by atoms with Gasteiger partial charge in [-0.3, -0.25) is 0 Å². The first kappa shape index (κ1) is 14.1. The molecule has 4 nitrogen and oxygen atoms in total. The van der Waals surface area contributed by atoms with Crippen LogP contribution in [-0.4, -0.2) is 22.1 Å². The zero-order valence-electron chi connectivity index (χ0n) is 10.4. The van der Waals surface area contributed by atoms with Gasteiger partial charge in [0.15, 0.2) is 0 Å². The molecule has 1 aliphatic rings. The van der Waals surface area contributed by atoms with Crippen LogP contribution in [0.1, 0.15) is 44.9 Å². The van der Waals surface area contributed by atoms with Crippen molar-refractivity contribution in [1.82, 2.24) is 10.1 Å². The number of nitrogens with one attached hydrogen (secondary N) is 1. The summed E-state index contributed by atoms with van der Waals surface area (Å²) >= 11 is 0. The van der Waals surface area contributed by atoms with Crippen molar-refractivity contribution in [3.63, 3.8) is 0 Å². The van der Waals surface area contributed by atoms with E-state index in [1.165, 1.54) is 0 Å². The normalized spacial score (nSPS) is 18.6. The Morgan fingerprint density at radius 1 is 1.16 bits per heavy atom. The van der Waals surface area contributed by atoms with E-state index in [0.717, 1.165) is 32.1 Å². The number of anilines is 1. The van der Waals surface area contributed by atoms with Crippen LogP contribution < -0.4 is 5.32 Å². The first-order valence-electron chi connectivity index (χ1n) is 6.17. The average Bonchev–Trinajstić information content (AvgIpc) is 2.78. The van der Waals surface area contributed by atoms with Crippen LogP contribution in [0.4, 0.5) is 23.6 Å². The molecule has 0 atom stereocenters. The first-order chi connectivity index (χ1) is 8.80. The number of hydrogen-bond acceptors (Lipinski definition) is 4. The Morgan fingerprint density at radius 3 is 2.37 bits per heavy atom. The summed E-state index contributed by atoms with van der Waals surface area (Å²) in [4.78, 5) is 3.32. The molecule has 0 radical (unpaired) electrons. The largest absolute Gasteiger partial charge is 0.371 e. The van der Waals surface area contributed by atoms with E-state index >= 15 is 0 Å². The summed E-state index contributed by atoms with van der Waals surface area (Å²) in [6, 6.07) is -0.163. The van der Waals surface area contributed by atoms with Crippen molar-refractivity contribution < 1.29 is 22.1 Å². The lowest BCUT2D eigenvalue weighted by molar-refractivity contribution is -0.210. The van der Waals surface area contributed by atoms with Crippen molar-refractivity contribution in [2.75, 3.05) is 5.32 Å². The molecule has 19 heavy (non-hydrogen) atoms. The lowest BCUT2D eigenvalue weighted by Gasteiger charge is -2.21. The molecule has 1 aliphatic carbocycles. The molecule has 0 saturated heterocycles. The molecule has 2 rings (SSSR count). The lowest BCUT2D eigenvalue weighted by Crippen LogP contribution is -2.36. The molecule has 0 spiro atoms. The predicted molar refractivity (Wildman–Crippen MR) is 59.3 cm³/mol. The fraction of sp³-hybridized carbons (Fsp3) is 0.818. The zero-order valence-corrected chi connectivity index (χ0v) is 10.4. The van der Waals surface area contributed by atoms with Crippen LogP contribution in [0, 0.1) is 0 Å². The third-order valence-corrected chi connectivity index (χ3v) is 3.19. The van der Waals surface area contributed by atoms with Gasteiger partial charge in [-0.15, -0.1) is 0 Å². The van der Waals surface area contributed by atoms with Gasteiger partial charge in [-0.1, -0.05) is 24.4 Å². The van der Waals surface area contributed by atoms with Crippen molar-refractivity contribution in [1.29, 1.82) is 0 Å². The molecule has 108 valence electrons. The van der Waals surface area contributed by atoms with E-state index in [2.05, 4.69) is 20.0 Å². The molecule has 0 aromatic carbocycles. The molecular weight excluding hydrogens is 266 g/mol. The SMILES string of the molecule is CC(F)(F)C(F)(F)c1noc(NC2CCCCC2)n1. The number of aromatic nitrogens is 2. The first-order valence-corrected chi connectivity index (χ1v) is 6.17. The summed E-state index contributed by atoms with van der Waals surface area (Å²) in [5.41, 5.74) is 0. The number of halogens is 4. The summed E-state index contributed by atoms with van der Waals surface area (Å²) < 4.78 is 56.7. The minimum absolute atomic E-state index is 0.0674.